The zero-order chi connectivity index (χ0) is 22.4. The highest BCUT2D eigenvalue weighted by Gasteiger charge is 2.28. The lowest BCUT2D eigenvalue weighted by Gasteiger charge is -2.30. The fourth-order valence-electron chi connectivity index (χ4n) is 2.90. The van der Waals surface area contributed by atoms with E-state index in [0.717, 1.165) is 16.9 Å². The van der Waals surface area contributed by atoms with Crippen molar-refractivity contribution in [3.05, 3.63) is 58.6 Å². The van der Waals surface area contributed by atoms with Crippen LogP contribution in [0.2, 0.25) is 5.02 Å². The van der Waals surface area contributed by atoms with E-state index < -0.39 is 17.2 Å². The average Bonchev–Trinajstić information content (AvgIpc) is 2.66. The fraction of sp³-hybridized carbons (Fsp3) is 0.458. The van der Waals surface area contributed by atoms with E-state index in [-0.39, 0.29) is 6.61 Å². The van der Waals surface area contributed by atoms with Crippen LogP contribution in [0.15, 0.2) is 52.3 Å². The molecule has 0 heterocycles. The van der Waals surface area contributed by atoms with E-state index in [2.05, 4.69) is 42.6 Å². The van der Waals surface area contributed by atoms with Gasteiger partial charge >= 0.3 is 6.09 Å². The zero-order valence-electron chi connectivity index (χ0n) is 18.4. The number of alkyl carbamates (subject to hydrolysis) is 1. The standard InChI is InChI=1S/C24H32ClNO3S/c1-6-17-8-7-9-19(14-17)30-20-11-10-18(21(25)15-20)12-13-24(5,16-27)26-22(28)29-23(2,3)4/h7-11,14-15,27H,6,12-13,16H2,1-5H3,(H,26,28). The molecule has 0 radical (unpaired) electrons. The first-order valence-corrected chi connectivity index (χ1v) is 11.4. The molecule has 1 atom stereocenters. The van der Waals surface area contributed by atoms with Crippen LogP contribution in [-0.4, -0.2) is 28.9 Å². The van der Waals surface area contributed by atoms with E-state index in [1.807, 2.05) is 12.1 Å². The van der Waals surface area contributed by atoms with Crippen molar-refractivity contribution < 1.29 is 14.6 Å². The maximum Gasteiger partial charge on any atom is 0.408 e. The molecule has 2 rings (SSSR count). The number of aliphatic hydroxyl groups is 1. The number of carbonyl (C=O) groups excluding carboxylic acids is 1. The minimum atomic E-state index is -0.792. The van der Waals surface area contributed by atoms with Crippen molar-refractivity contribution in [1.29, 1.82) is 0 Å². The van der Waals surface area contributed by atoms with Crippen molar-refractivity contribution in [3.8, 4) is 0 Å². The molecular weight excluding hydrogens is 418 g/mol. The average molecular weight is 450 g/mol. The van der Waals surface area contributed by atoms with E-state index in [9.17, 15) is 9.90 Å². The number of carbonyl (C=O) groups is 1. The van der Waals surface area contributed by atoms with Crippen molar-refractivity contribution in [2.75, 3.05) is 6.61 Å². The SMILES string of the molecule is CCc1cccc(Sc2ccc(CCC(C)(CO)NC(=O)OC(C)(C)C)c(Cl)c2)c1. The number of amides is 1. The number of nitrogens with one attached hydrogen (secondary N) is 1. The topological polar surface area (TPSA) is 58.6 Å². The predicted molar refractivity (Wildman–Crippen MR) is 125 cm³/mol. The van der Waals surface area contributed by atoms with Gasteiger partial charge in [0.1, 0.15) is 5.60 Å². The molecule has 0 fully saturated rings. The number of rotatable bonds is 8. The number of hydrogen-bond acceptors (Lipinski definition) is 4. The molecule has 1 amide bonds. The summed E-state index contributed by atoms with van der Waals surface area (Å²) in [5.41, 5.74) is 0.908. The summed E-state index contributed by atoms with van der Waals surface area (Å²) in [7, 11) is 0. The smallest absolute Gasteiger partial charge is 0.408 e. The van der Waals surface area contributed by atoms with Crippen LogP contribution in [0.5, 0.6) is 0 Å². The number of aliphatic hydroxyl groups excluding tert-OH is 1. The zero-order valence-corrected chi connectivity index (χ0v) is 20.0. The third kappa shape index (κ3) is 7.86. The monoisotopic (exact) mass is 449 g/mol. The van der Waals surface area contributed by atoms with Crippen molar-refractivity contribution in [1.82, 2.24) is 5.32 Å². The van der Waals surface area contributed by atoms with E-state index in [4.69, 9.17) is 16.3 Å². The summed E-state index contributed by atoms with van der Waals surface area (Å²) in [6, 6.07) is 14.5. The Morgan fingerprint density at radius 1 is 1.13 bits per heavy atom. The molecule has 0 saturated heterocycles. The molecule has 1 unspecified atom stereocenters. The summed E-state index contributed by atoms with van der Waals surface area (Å²) in [6.45, 7) is 9.18. The van der Waals surface area contributed by atoms with Gasteiger partial charge in [-0.05, 0) is 82.3 Å². The highest BCUT2D eigenvalue weighted by molar-refractivity contribution is 7.99. The molecule has 6 heteroatoms. The van der Waals surface area contributed by atoms with Gasteiger partial charge in [-0.1, -0.05) is 48.5 Å². The Labute approximate surface area is 189 Å². The lowest BCUT2D eigenvalue weighted by atomic mass is 9.94. The molecule has 164 valence electrons. The number of aryl methyl sites for hydroxylation is 2. The second-order valence-corrected chi connectivity index (χ2v) is 10.3. The van der Waals surface area contributed by atoms with Gasteiger partial charge in [-0.25, -0.2) is 4.79 Å². The Kier molecular flexibility index (Phi) is 8.65. The molecule has 0 aliphatic carbocycles. The van der Waals surface area contributed by atoms with Gasteiger partial charge < -0.3 is 15.2 Å². The van der Waals surface area contributed by atoms with E-state index in [1.54, 1.807) is 39.5 Å². The lowest BCUT2D eigenvalue weighted by Crippen LogP contribution is -2.50. The van der Waals surface area contributed by atoms with Crippen molar-refractivity contribution in [3.63, 3.8) is 0 Å². The van der Waals surface area contributed by atoms with Crippen LogP contribution in [0.4, 0.5) is 4.79 Å². The van der Waals surface area contributed by atoms with Crippen molar-refractivity contribution in [2.45, 2.75) is 74.8 Å². The summed E-state index contributed by atoms with van der Waals surface area (Å²) < 4.78 is 5.31. The van der Waals surface area contributed by atoms with Crippen molar-refractivity contribution >= 4 is 29.5 Å². The molecule has 0 spiro atoms. The second-order valence-electron chi connectivity index (χ2n) is 8.70. The Hall–Kier alpha value is -1.69. The molecule has 0 saturated carbocycles. The largest absolute Gasteiger partial charge is 0.444 e. The Morgan fingerprint density at radius 3 is 2.43 bits per heavy atom. The molecule has 0 aliphatic heterocycles. The molecule has 2 aromatic carbocycles. The van der Waals surface area contributed by atoms with Gasteiger partial charge in [0.15, 0.2) is 0 Å². The summed E-state index contributed by atoms with van der Waals surface area (Å²) in [6.07, 6.45) is 1.64. The molecule has 0 aliphatic rings. The third-order valence-electron chi connectivity index (χ3n) is 4.66. The first-order valence-electron chi connectivity index (χ1n) is 10.2. The van der Waals surface area contributed by atoms with Crippen LogP contribution in [0.1, 0.15) is 52.2 Å². The van der Waals surface area contributed by atoms with Gasteiger partial charge in [0.05, 0.1) is 12.1 Å². The van der Waals surface area contributed by atoms with E-state index >= 15 is 0 Å². The van der Waals surface area contributed by atoms with Crippen LogP contribution in [-0.2, 0) is 17.6 Å². The van der Waals surface area contributed by atoms with Gasteiger partial charge in [-0.2, -0.15) is 0 Å². The van der Waals surface area contributed by atoms with E-state index in [0.29, 0.717) is 17.9 Å². The minimum absolute atomic E-state index is 0.189. The van der Waals surface area contributed by atoms with Crippen LogP contribution in [0.3, 0.4) is 0 Å². The van der Waals surface area contributed by atoms with Gasteiger partial charge in [-0.3, -0.25) is 0 Å². The maximum absolute atomic E-state index is 12.1. The van der Waals surface area contributed by atoms with Gasteiger partial charge in [0.25, 0.3) is 0 Å². The Bertz CT molecular complexity index is 866. The molecule has 2 N–H and O–H groups in total. The van der Waals surface area contributed by atoms with E-state index in [1.165, 1.54) is 10.5 Å². The fourth-order valence-corrected chi connectivity index (χ4v) is 4.18. The molecule has 2 aromatic rings. The quantitative estimate of drug-likeness (QED) is 0.499. The van der Waals surface area contributed by atoms with Crippen molar-refractivity contribution in [2.24, 2.45) is 0 Å². The summed E-state index contributed by atoms with van der Waals surface area (Å²) >= 11 is 8.22. The normalized spacial score (nSPS) is 13.6. The van der Waals surface area contributed by atoms with Gasteiger partial charge in [0.2, 0.25) is 0 Å². The molecule has 0 aromatic heterocycles. The van der Waals surface area contributed by atoms with Crippen LogP contribution < -0.4 is 5.32 Å². The first kappa shape index (κ1) is 24.6. The molecular formula is C24H32ClNO3S. The summed E-state index contributed by atoms with van der Waals surface area (Å²) in [5, 5.41) is 13.3. The van der Waals surface area contributed by atoms with Gasteiger partial charge in [-0.15, -0.1) is 0 Å². The number of hydrogen-bond donors (Lipinski definition) is 2. The molecule has 0 bridgehead atoms. The predicted octanol–water partition coefficient (Wildman–Crippen LogP) is 6.26. The van der Waals surface area contributed by atoms with Crippen LogP contribution >= 0.6 is 23.4 Å². The molecule has 30 heavy (non-hydrogen) atoms. The molecule has 4 nitrogen and oxygen atoms in total. The highest BCUT2D eigenvalue weighted by atomic mass is 35.5. The van der Waals surface area contributed by atoms with Gasteiger partial charge in [0, 0.05) is 14.8 Å². The second kappa shape index (κ2) is 10.6. The summed E-state index contributed by atoms with van der Waals surface area (Å²) in [4.78, 5) is 14.4. The number of halogens is 1. The number of benzene rings is 2. The van der Waals surface area contributed by atoms with Crippen LogP contribution in [0, 0.1) is 0 Å². The first-order chi connectivity index (χ1) is 14.0. The summed E-state index contributed by atoms with van der Waals surface area (Å²) in [5.74, 6) is 0. The maximum atomic E-state index is 12.1. The highest BCUT2D eigenvalue weighted by Crippen LogP contribution is 2.32. The third-order valence-corrected chi connectivity index (χ3v) is 6.00. The Balaban J connectivity index is 2.01. The minimum Gasteiger partial charge on any atom is -0.444 e. The van der Waals surface area contributed by atoms with Crippen LogP contribution in [0.25, 0.3) is 0 Å². The lowest BCUT2D eigenvalue weighted by molar-refractivity contribution is 0.0407. The number of ether oxygens (including phenoxy) is 1. The Morgan fingerprint density at radius 2 is 1.83 bits per heavy atom.